The first kappa shape index (κ1) is 12.2. The van der Waals surface area contributed by atoms with Crippen LogP contribution in [0.4, 0.5) is 0 Å². The first-order valence-corrected chi connectivity index (χ1v) is 6.03. The van der Waals surface area contributed by atoms with Gasteiger partial charge in [0.1, 0.15) is 0 Å². The van der Waals surface area contributed by atoms with Gasteiger partial charge >= 0.3 is 0 Å². The summed E-state index contributed by atoms with van der Waals surface area (Å²) in [7, 11) is 0. The Morgan fingerprint density at radius 3 is 2.80 bits per heavy atom. The number of hydrogen-bond donors (Lipinski definition) is 1. The molecule has 1 aromatic heterocycles. The van der Waals surface area contributed by atoms with Gasteiger partial charge in [0.25, 0.3) is 0 Å². The number of hydrogen-bond acceptors (Lipinski definition) is 2. The van der Waals surface area contributed by atoms with Gasteiger partial charge in [0.15, 0.2) is 0 Å². The van der Waals surface area contributed by atoms with E-state index in [2.05, 4.69) is 37.4 Å². The Balaban J connectivity index is 2.29. The Morgan fingerprint density at radius 1 is 1.40 bits per heavy atom. The van der Waals surface area contributed by atoms with Crippen LogP contribution in [-0.2, 0) is 6.54 Å². The first-order valence-electron chi connectivity index (χ1n) is 6.03. The van der Waals surface area contributed by atoms with Crippen LogP contribution in [-0.4, -0.2) is 16.3 Å². The molecule has 0 fully saturated rings. The van der Waals surface area contributed by atoms with Gasteiger partial charge in [-0.1, -0.05) is 19.8 Å². The normalized spacial score (nSPS) is 13.0. The molecule has 0 amide bonds. The molecule has 3 nitrogen and oxygen atoms in total. The highest BCUT2D eigenvalue weighted by molar-refractivity contribution is 5.08. The Kier molecular flexibility index (Phi) is 5.40. The molecular formula is C12H23N3. The maximum absolute atomic E-state index is 4.28. The van der Waals surface area contributed by atoms with Crippen molar-refractivity contribution in [3.63, 3.8) is 0 Å². The molecule has 0 saturated heterocycles. The Hall–Kier alpha value is -0.830. The minimum atomic E-state index is 0.419. The van der Waals surface area contributed by atoms with Gasteiger partial charge in [0.05, 0.1) is 6.20 Å². The van der Waals surface area contributed by atoms with Crippen molar-refractivity contribution in [3.8, 4) is 0 Å². The van der Waals surface area contributed by atoms with Crippen molar-refractivity contribution in [2.45, 2.75) is 52.6 Å². The molecule has 0 radical (unpaired) electrons. The molecule has 1 N–H and O–H groups in total. The van der Waals surface area contributed by atoms with Gasteiger partial charge in [-0.15, -0.1) is 0 Å². The maximum atomic E-state index is 4.28. The summed E-state index contributed by atoms with van der Waals surface area (Å²) in [6.45, 7) is 8.59. The molecule has 0 bridgehead atoms. The fourth-order valence-corrected chi connectivity index (χ4v) is 1.59. The molecule has 0 saturated carbocycles. The van der Waals surface area contributed by atoms with E-state index in [1.54, 1.807) is 0 Å². The summed E-state index contributed by atoms with van der Waals surface area (Å²) in [5.74, 6) is 0. The fraction of sp³-hybridized carbons (Fsp3) is 0.750. The van der Waals surface area contributed by atoms with Crippen LogP contribution in [0.3, 0.4) is 0 Å². The molecule has 1 atom stereocenters. The number of unbranched alkanes of at least 4 members (excludes halogenated alkanes) is 2. The second-order valence-electron chi connectivity index (χ2n) is 4.01. The highest BCUT2D eigenvalue weighted by Crippen LogP contribution is 2.10. The lowest BCUT2D eigenvalue weighted by Crippen LogP contribution is -2.19. The van der Waals surface area contributed by atoms with Crippen LogP contribution < -0.4 is 5.32 Å². The average molecular weight is 209 g/mol. The lowest BCUT2D eigenvalue weighted by Gasteiger charge is -2.11. The lowest BCUT2D eigenvalue weighted by molar-refractivity contribution is 0.543. The summed E-state index contributed by atoms with van der Waals surface area (Å²) >= 11 is 0. The van der Waals surface area contributed by atoms with Gasteiger partial charge < -0.3 is 5.32 Å². The second-order valence-corrected chi connectivity index (χ2v) is 4.01. The van der Waals surface area contributed by atoms with Crippen molar-refractivity contribution in [2.24, 2.45) is 0 Å². The Labute approximate surface area is 92.9 Å². The number of aryl methyl sites for hydroxylation is 1. The molecule has 0 spiro atoms. The minimum absolute atomic E-state index is 0.419. The highest BCUT2D eigenvalue weighted by atomic mass is 15.3. The van der Waals surface area contributed by atoms with Gasteiger partial charge in [-0.2, -0.15) is 5.10 Å². The number of nitrogens with one attached hydrogen (secondary N) is 1. The SMILES string of the molecule is CCCCCNC(C)c1cnn(CC)c1. The third kappa shape index (κ3) is 4.04. The van der Waals surface area contributed by atoms with E-state index in [9.17, 15) is 0 Å². The molecule has 0 aliphatic heterocycles. The van der Waals surface area contributed by atoms with E-state index in [1.807, 2.05) is 10.9 Å². The fourth-order valence-electron chi connectivity index (χ4n) is 1.59. The molecule has 3 heteroatoms. The zero-order valence-corrected chi connectivity index (χ0v) is 10.2. The van der Waals surface area contributed by atoms with Crippen LogP contribution in [0.1, 0.15) is 51.6 Å². The predicted molar refractivity (Wildman–Crippen MR) is 63.8 cm³/mol. The minimum Gasteiger partial charge on any atom is -0.310 e. The third-order valence-corrected chi connectivity index (χ3v) is 2.71. The van der Waals surface area contributed by atoms with E-state index in [1.165, 1.54) is 24.8 Å². The molecule has 0 aliphatic carbocycles. The van der Waals surface area contributed by atoms with E-state index in [-0.39, 0.29) is 0 Å². The molecule has 1 heterocycles. The molecule has 15 heavy (non-hydrogen) atoms. The zero-order valence-electron chi connectivity index (χ0n) is 10.2. The van der Waals surface area contributed by atoms with Crippen molar-refractivity contribution < 1.29 is 0 Å². The topological polar surface area (TPSA) is 29.9 Å². The van der Waals surface area contributed by atoms with Crippen LogP contribution in [0.15, 0.2) is 12.4 Å². The summed E-state index contributed by atoms with van der Waals surface area (Å²) in [6, 6.07) is 0.419. The van der Waals surface area contributed by atoms with Crippen LogP contribution >= 0.6 is 0 Å². The smallest absolute Gasteiger partial charge is 0.0537 e. The summed E-state index contributed by atoms with van der Waals surface area (Å²) in [4.78, 5) is 0. The Morgan fingerprint density at radius 2 is 2.20 bits per heavy atom. The van der Waals surface area contributed by atoms with Crippen molar-refractivity contribution in [3.05, 3.63) is 18.0 Å². The van der Waals surface area contributed by atoms with Crippen molar-refractivity contribution in [1.82, 2.24) is 15.1 Å². The van der Waals surface area contributed by atoms with Crippen molar-refractivity contribution >= 4 is 0 Å². The maximum Gasteiger partial charge on any atom is 0.0537 e. The van der Waals surface area contributed by atoms with Crippen molar-refractivity contribution in [1.29, 1.82) is 0 Å². The van der Waals surface area contributed by atoms with E-state index < -0.39 is 0 Å². The quantitative estimate of drug-likeness (QED) is 0.700. The predicted octanol–water partition coefficient (Wildman–Crippen LogP) is 2.74. The van der Waals surface area contributed by atoms with Gasteiger partial charge in [0, 0.05) is 24.3 Å². The molecule has 0 aromatic carbocycles. The zero-order chi connectivity index (χ0) is 11.1. The monoisotopic (exact) mass is 209 g/mol. The van der Waals surface area contributed by atoms with Gasteiger partial charge in [-0.25, -0.2) is 0 Å². The third-order valence-electron chi connectivity index (χ3n) is 2.71. The molecule has 86 valence electrons. The largest absolute Gasteiger partial charge is 0.310 e. The van der Waals surface area contributed by atoms with Crippen molar-refractivity contribution in [2.75, 3.05) is 6.54 Å². The standard InChI is InChI=1S/C12H23N3/c1-4-6-7-8-13-11(3)12-9-14-15(5-2)10-12/h9-11,13H,4-8H2,1-3H3. The first-order chi connectivity index (χ1) is 7.27. The molecule has 1 rings (SSSR count). The van der Waals surface area contributed by atoms with Crippen LogP contribution in [0.5, 0.6) is 0 Å². The molecule has 0 aliphatic rings. The molecular weight excluding hydrogens is 186 g/mol. The number of nitrogens with zero attached hydrogens (tertiary/aromatic N) is 2. The second kappa shape index (κ2) is 6.62. The van der Waals surface area contributed by atoms with Gasteiger partial charge in [-0.3, -0.25) is 4.68 Å². The number of rotatable bonds is 7. The van der Waals surface area contributed by atoms with Gasteiger partial charge in [-0.05, 0) is 26.8 Å². The van der Waals surface area contributed by atoms with Crippen LogP contribution in [0, 0.1) is 0 Å². The lowest BCUT2D eigenvalue weighted by atomic mass is 10.2. The summed E-state index contributed by atoms with van der Waals surface area (Å²) < 4.78 is 1.97. The van der Waals surface area contributed by atoms with Crippen LogP contribution in [0.25, 0.3) is 0 Å². The number of aromatic nitrogens is 2. The molecule has 1 unspecified atom stereocenters. The van der Waals surface area contributed by atoms with E-state index in [4.69, 9.17) is 0 Å². The summed E-state index contributed by atoms with van der Waals surface area (Å²) in [5, 5.41) is 7.79. The summed E-state index contributed by atoms with van der Waals surface area (Å²) in [5.41, 5.74) is 1.29. The average Bonchev–Trinajstić information content (AvgIpc) is 2.72. The summed E-state index contributed by atoms with van der Waals surface area (Å²) in [6.07, 6.45) is 7.94. The highest BCUT2D eigenvalue weighted by Gasteiger charge is 2.06. The Bertz CT molecular complexity index is 268. The molecule has 1 aromatic rings. The van der Waals surface area contributed by atoms with Gasteiger partial charge in [0.2, 0.25) is 0 Å². The van der Waals surface area contributed by atoms with E-state index in [0.717, 1.165) is 13.1 Å². The van der Waals surface area contributed by atoms with E-state index in [0.29, 0.717) is 6.04 Å². The van der Waals surface area contributed by atoms with Crippen LogP contribution in [0.2, 0.25) is 0 Å². The van der Waals surface area contributed by atoms with E-state index >= 15 is 0 Å².